The van der Waals surface area contributed by atoms with Gasteiger partial charge in [-0.1, -0.05) is 72.5 Å². The monoisotopic (exact) mass is 428 g/mol. The van der Waals surface area contributed by atoms with E-state index in [1.165, 1.54) is 64.2 Å². The van der Waals surface area contributed by atoms with E-state index in [9.17, 15) is 5.11 Å². The topological polar surface area (TPSA) is 20.2 Å². The Morgan fingerprint density at radius 2 is 1.68 bits per heavy atom. The number of hydrogen-bond acceptors (Lipinski definition) is 1. The fourth-order valence-corrected chi connectivity index (χ4v) is 9.66. The second-order valence-corrected chi connectivity index (χ2v) is 13.3. The van der Waals surface area contributed by atoms with Crippen molar-refractivity contribution in [3.63, 3.8) is 0 Å². The van der Waals surface area contributed by atoms with Crippen molar-refractivity contribution in [3.05, 3.63) is 11.6 Å². The van der Waals surface area contributed by atoms with Crippen LogP contribution in [0.3, 0.4) is 0 Å². The van der Waals surface area contributed by atoms with Crippen LogP contribution < -0.4 is 0 Å². The third-order valence-corrected chi connectivity index (χ3v) is 11.6. The molecule has 4 aliphatic carbocycles. The molecule has 0 aromatic carbocycles. The molecule has 3 fully saturated rings. The Labute approximate surface area is 193 Å². The molecule has 1 nitrogen and oxygen atoms in total. The van der Waals surface area contributed by atoms with E-state index in [-0.39, 0.29) is 0 Å². The summed E-state index contributed by atoms with van der Waals surface area (Å²) in [5.74, 6) is 6.73. The number of rotatable bonds is 7. The average molecular weight is 429 g/mol. The molecule has 0 bridgehead atoms. The highest BCUT2D eigenvalue weighted by Crippen LogP contribution is 2.67. The van der Waals surface area contributed by atoms with Crippen LogP contribution in [0.5, 0.6) is 0 Å². The first-order valence-corrected chi connectivity index (χ1v) is 14.0. The van der Waals surface area contributed by atoms with Gasteiger partial charge in [0.2, 0.25) is 0 Å². The van der Waals surface area contributed by atoms with E-state index in [4.69, 9.17) is 0 Å². The summed E-state index contributed by atoms with van der Waals surface area (Å²) in [6, 6.07) is 0. The smallest absolute Gasteiger partial charge is 0.0433 e. The standard InChI is InChI=1S/C30H52O/c1-20(2)23(16-19-31)10-9-22(4)26-13-14-27-24-11-12-25-21(3)8-7-17-29(25,5)28(24)15-18-30(26,27)6/h11,20-23,25-28,31H,7-10,12-19H2,1-6H3/t21?,22-,23+,25?,26-,27+,28+,29+,30-/m1/s1. The maximum Gasteiger partial charge on any atom is 0.0433 e. The lowest BCUT2D eigenvalue weighted by atomic mass is 9.46. The summed E-state index contributed by atoms with van der Waals surface area (Å²) < 4.78 is 0. The first-order chi connectivity index (χ1) is 14.7. The van der Waals surface area contributed by atoms with Crippen LogP contribution in [-0.2, 0) is 0 Å². The second-order valence-electron chi connectivity index (χ2n) is 13.3. The fourth-order valence-electron chi connectivity index (χ4n) is 9.66. The zero-order valence-corrected chi connectivity index (χ0v) is 21.6. The molecule has 178 valence electrons. The lowest BCUT2D eigenvalue weighted by molar-refractivity contribution is -0.0288. The molecule has 31 heavy (non-hydrogen) atoms. The molecule has 0 aromatic heterocycles. The molecular weight excluding hydrogens is 376 g/mol. The molecule has 0 saturated heterocycles. The third kappa shape index (κ3) is 4.08. The van der Waals surface area contributed by atoms with E-state index in [2.05, 4.69) is 47.6 Å². The maximum absolute atomic E-state index is 9.48. The van der Waals surface area contributed by atoms with Crippen molar-refractivity contribution in [1.29, 1.82) is 0 Å². The van der Waals surface area contributed by atoms with Gasteiger partial charge < -0.3 is 5.11 Å². The zero-order valence-electron chi connectivity index (χ0n) is 21.6. The molecule has 0 amide bonds. The van der Waals surface area contributed by atoms with Gasteiger partial charge in [0.25, 0.3) is 0 Å². The predicted molar refractivity (Wildman–Crippen MR) is 133 cm³/mol. The van der Waals surface area contributed by atoms with Crippen molar-refractivity contribution in [2.45, 2.75) is 112 Å². The maximum atomic E-state index is 9.48. The highest BCUT2D eigenvalue weighted by Gasteiger charge is 2.58. The van der Waals surface area contributed by atoms with Crippen LogP contribution >= 0.6 is 0 Å². The Morgan fingerprint density at radius 3 is 2.39 bits per heavy atom. The summed E-state index contributed by atoms with van der Waals surface area (Å²) in [5, 5.41) is 9.48. The van der Waals surface area contributed by atoms with Gasteiger partial charge in [0.1, 0.15) is 0 Å². The third-order valence-electron chi connectivity index (χ3n) is 11.6. The minimum Gasteiger partial charge on any atom is -0.396 e. The van der Waals surface area contributed by atoms with E-state index in [1.54, 1.807) is 0 Å². The van der Waals surface area contributed by atoms with Gasteiger partial charge in [0.05, 0.1) is 0 Å². The van der Waals surface area contributed by atoms with Crippen molar-refractivity contribution in [2.24, 2.45) is 58.2 Å². The van der Waals surface area contributed by atoms with Crippen molar-refractivity contribution < 1.29 is 5.11 Å². The van der Waals surface area contributed by atoms with Crippen LogP contribution in [0.25, 0.3) is 0 Å². The van der Waals surface area contributed by atoms with Gasteiger partial charge in [-0.05, 0) is 110 Å². The summed E-state index contributed by atoms with van der Waals surface area (Å²) in [5.41, 5.74) is 3.05. The Hall–Kier alpha value is -0.300. The van der Waals surface area contributed by atoms with Crippen molar-refractivity contribution in [3.8, 4) is 0 Å². The minimum atomic E-state index is 0.356. The first-order valence-electron chi connectivity index (χ1n) is 14.0. The SMILES string of the molecule is CC1CCC[C@@]2(C)C1CC=C1[C@@H]3CC[C@H]([C@H](C)CC[C@@H](CCO)C(C)C)[C@@]3(C)CC[C@@H]12. The Bertz CT molecular complexity index is 649. The minimum absolute atomic E-state index is 0.356. The number of fused-ring (bicyclic) bond motifs is 5. The van der Waals surface area contributed by atoms with E-state index in [0.29, 0.717) is 29.3 Å². The van der Waals surface area contributed by atoms with Crippen LogP contribution in [0.2, 0.25) is 0 Å². The molecule has 9 atom stereocenters. The van der Waals surface area contributed by atoms with E-state index < -0.39 is 0 Å². The molecular formula is C30H52O. The average Bonchev–Trinajstić information content (AvgIpc) is 3.08. The number of aliphatic hydroxyl groups is 1. The van der Waals surface area contributed by atoms with Crippen LogP contribution in [0, 0.1) is 58.2 Å². The Balaban J connectivity index is 1.48. The van der Waals surface area contributed by atoms with Crippen molar-refractivity contribution >= 4 is 0 Å². The molecule has 3 saturated carbocycles. The fraction of sp³-hybridized carbons (Fsp3) is 0.933. The summed E-state index contributed by atoms with van der Waals surface area (Å²) in [6.07, 6.45) is 18.0. The lowest BCUT2D eigenvalue weighted by Gasteiger charge is -2.58. The molecule has 0 aromatic rings. The molecule has 4 aliphatic rings. The zero-order chi connectivity index (χ0) is 22.4. The van der Waals surface area contributed by atoms with Gasteiger partial charge in [0.15, 0.2) is 0 Å². The normalized spacial score (nSPS) is 44.3. The molecule has 2 unspecified atom stereocenters. The second kappa shape index (κ2) is 9.15. The molecule has 0 heterocycles. The highest BCUT2D eigenvalue weighted by atomic mass is 16.3. The number of hydrogen-bond donors (Lipinski definition) is 1. The lowest BCUT2D eigenvalue weighted by Crippen LogP contribution is -2.50. The molecule has 1 heteroatoms. The van der Waals surface area contributed by atoms with Gasteiger partial charge in [0, 0.05) is 6.61 Å². The number of allylic oxidation sites excluding steroid dienone is 2. The predicted octanol–water partition coefficient (Wildman–Crippen LogP) is 8.27. The van der Waals surface area contributed by atoms with E-state index in [0.717, 1.165) is 41.9 Å². The van der Waals surface area contributed by atoms with Crippen LogP contribution in [-0.4, -0.2) is 11.7 Å². The van der Waals surface area contributed by atoms with Gasteiger partial charge >= 0.3 is 0 Å². The number of aliphatic hydroxyl groups excluding tert-OH is 1. The molecule has 0 spiro atoms. The largest absolute Gasteiger partial charge is 0.396 e. The summed E-state index contributed by atoms with van der Waals surface area (Å²) in [6.45, 7) is 15.5. The quantitative estimate of drug-likeness (QED) is 0.404. The molecule has 4 rings (SSSR count). The van der Waals surface area contributed by atoms with Gasteiger partial charge in [-0.25, -0.2) is 0 Å². The van der Waals surface area contributed by atoms with Crippen LogP contribution in [0.15, 0.2) is 11.6 Å². The first kappa shape index (κ1) is 23.8. The van der Waals surface area contributed by atoms with Crippen molar-refractivity contribution in [2.75, 3.05) is 6.61 Å². The van der Waals surface area contributed by atoms with E-state index >= 15 is 0 Å². The highest BCUT2D eigenvalue weighted by molar-refractivity contribution is 5.27. The summed E-state index contributed by atoms with van der Waals surface area (Å²) >= 11 is 0. The Morgan fingerprint density at radius 1 is 0.935 bits per heavy atom. The molecule has 0 aliphatic heterocycles. The van der Waals surface area contributed by atoms with Crippen molar-refractivity contribution in [1.82, 2.24) is 0 Å². The Kier molecular flexibility index (Phi) is 7.04. The van der Waals surface area contributed by atoms with Gasteiger partial charge in [-0.3, -0.25) is 0 Å². The summed E-state index contributed by atoms with van der Waals surface area (Å²) in [4.78, 5) is 0. The summed E-state index contributed by atoms with van der Waals surface area (Å²) in [7, 11) is 0. The van der Waals surface area contributed by atoms with E-state index in [1.807, 2.05) is 5.57 Å². The van der Waals surface area contributed by atoms with Crippen LogP contribution in [0.1, 0.15) is 112 Å². The van der Waals surface area contributed by atoms with Gasteiger partial charge in [-0.2, -0.15) is 0 Å². The molecule has 0 radical (unpaired) electrons. The molecule has 1 N–H and O–H groups in total. The van der Waals surface area contributed by atoms with Gasteiger partial charge in [-0.15, -0.1) is 0 Å². The van der Waals surface area contributed by atoms with Crippen LogP contribution in [0.4, 0.5) is 0 Å².